The molecule has 0 saturated heterocycles. The first-order chi connectivity index (χ1) is 2.56. The molecule has 0 heterocycles. The van der Waals surface area contributed by atoms with E-state index in [0.29, 0.717) is 0 Å². The molecule has 0 fully saturated rings. The Kier molecular flexibility index (Phi) is 1.78. The van der Waals surface area contributed by atoms with Gasteiger partial charge in [-0.05, 0) is 0 Å². The first kappa shape index (κ1) is 6.15. The van der Waals surface area contributed by atoms with Gasteiger partial charge in [0.05, 0.1) is 14.4 Å². The molecule has 0 amide bonds. The van der Waals surface area contributed by atoms with E-state index in [1.54, 1.807) is 0 Å². The Bertz CT molecular complexity index is 37.3. The summed E-state index contributed by atoms with van der Waals surface area (Å²) in [5, 5.41) is 0. The lowest BCUT2D eigenvalue weighted by atomic mass is 11.7. The molecule has 6 heavy (non-hydrogen) atoms. The van der Waals surface area contributed by atoms with E-state index < -0.39 is 8.07 Å². The zero-order chi connectivity index (χ0) is 5.21. The molecule has 0 aromatic rings. The van der Waals surface area contributed by atoms with Crippen molar-refractivity contribution in [3.05, 3.63) is 0 Å². The fraction of sp³-hybridized carbons (Fsp3) is 1.00. The van der Waals surface area contributed by atoms with Gasteiger partial charge in [-0.1, -0.05) is 19.6 Å². The summed E-state index contributed by atoms with van der Waals surface area (Å²) in [6.45, 7) is 6.02. The van der Waals surface area contributed by atoms with Crippen molar-refractivity contribution >= 4 is 8.07 Å². The molecule has 0 radical (unpaired) electrons. The van der Waals surface area contributed by atoms with Gasteiger partial charge < -0.3 is 0 Å². The maximum absolute atomic E-state index is 11.6. The van der Waals surface area contributed by atoms with Crippen LogP contribution in [0.2, 0.25) is 19.6 Å². The molecule has 0 saturated carbocycles. The summed E-state index contributed by atoms with van der Waals surface area (Å²) < 4.78 is 11.6. The van der Waals surface area contributed by atoms with Gasteiger partial charge in [-0.3, -0.25) is 4.39 Å². The quantitative estimate of drug-likeness (QED) is 0.447. The first-order valence-corrected chi connectivity index (χ1v) is 5.83. The van der Waals surface area contributed by atoms with Crippen LogP contribution in [0.3, 0.4) is 0 Å². The number of alkyl halides is 1. The number of rotatable bonds is 1. The van der Waals surface area contributed by atoms with Crippen LogP contribution in [0.15, 0.2) is 0 Å². The monoisotopic (exact) mass is 106 g/mol. The van der Waals surface area contributed by atoms with E-state index >= 15 is 0 Å². The van der Waals surface area contributed by atoms with Gasteiger partial charge in [0.1, 0.15) is 0 Å². The Morgan fingerprint density at radius 2 is 1.50 bits per heavy atom. The highest BCUT2D eigenvalue weighted by Gasteiger charge is 2.10. The third-order valence-corrected chi connectivity index (χ3v) is 1.20. The fourth-order valence-electron chi connectivity index (χ4n) is 0. The Morgan fingerprint density at radius 1 is 1.33 bits per heavy atom. The van der Waals surface area contributed by atoms with Gasteiger partial charge in [0.2, 0.25) is 0 Å². The van der Waals surface area contributed by atoms with Gasteiger partial charge >= 0.3 is 0 Å². The summed E-state index contributed by atoms with van der Waals surface area (Å²) in [5.41, 5.74) is 0. The molecule has 0 aliphatic heterocycles. The molecule has 0 bridgehead atoms. The highest BCUT2D eigenvalue weighted by Crippen LogP contribution is 1.98. The van der Waals surface area contributed by atoms with Gasteiger partial charge in [-0.2, -0.15) is 0 Å². The number of halogens is 1. The zero-order valence-electron chi connectivity index (χ0n) is 4.59. The third-order valence-electron chi connectivity index (χ3n) is 0.401. The van der Waals surface area contributed by atoms with E-state index in [2.05, 4.69) is 0 Å². The van der Waals surface area contributed by atoms with Gasteiger partial charge in [0, 0.05) is 0 Å². The Balaban J connectivity index is 3.17. The van der Waals surface area contributed by atoms with E-state index in [9.17, 15) is 4.39 Å². The summed E-state index contributed by atoms with van der Waals surface area (Å²) in [7, 11) is -1.30. The highest BCUT2D eigenvalue weighted by atomic mass is 28.3. The molecule has 0 aromatic carbocycles. The van der Waals surface area contributed by atoms with Crippen LogP contribution in [-0.4, -0.2) is 14.4 Å². The Hall–Kier alpha value is 0.147. The summed E-state index contributed by atoms with van der Waals surface area (Å²) in [4.78, 5) is 0. The van der Waals surface area contributed by atoms with Crippen molar-refractivity contribution in [3.63, 3.8) is 0 Å². The van der Waals surface area contributed by atoms with Crippen molar-refractivity contribution in [2.24, 2.45) is 0 Å². The van der Waals surface area contributed by atoms with Crippen LogP contribution < -0.4 is 0 Å². The van der Waals surface area contributed by atoms with Gasteiger partial charge in [0.15, 0.2) is 0 Å². The van der Waals surface area contributed by atoms with Crippen LogP contribution in [0.4, 0.5) is 4.39 Å². The topological polar surface area (TPSA) is 0 Å². The standard InChI is InChI=1S/C4H11FSi/c1-6(2,3)4-5/h4H2,1-3H3. The smallest absolute Gasteiger partial charge is 0.0813 e. The molecule has 0 nitrogen and oxygen atoms in total. The largest absolute Gasteiger partial charge is 0.255 e. The molecule has 0 unspecified atom stereocenters. The van der Waals surface area contributed by atoms with E-state index in [0.717, 1.165) is 0 Å². The Morgan fingerprint density at radius 3 is 1.50 bits per heavy atom. The second-order valence-electron chi connectivity index (χ2n) is 2.69. The SMILES string of the molecule is C[Si](C)(C)CF. The van der Waals surface area contributed by atoms with E-state index in [4.69, 9.17) is 0 Å². The lowest BCUT2D eigenvalue weighted by Crippen LogP contribution is -2.22. The maximum Gasteiger partial charge on any atom is 0.0813 e. The molecule has 0 aliphatic rings. The van der Waals surface area contributed by atoms with E-state index in [1.807, 2.05) is 19.6 Å². The molecule has 0 aliphatic carbocycles. The molecule has 0 aromatic heterocycles. The molecule has 38 valence electrons. The van der Waals surface area contributed by atoms with Crippen LogP contribution in [0.1, 0.15) is 0 Å². The average Bonchev–Trinajstić information content (AvgIpc) is 1.35. The minimum absolute atomic E-state index is 0.0903. The van der Waals surface area contributed by atoms with Crippen molar-refractivity contribution in [1.29, 1.82) is 0 Å². The zero-order valence-corrected chi connectivity index (χ0v) is 5.59. The predicted octanol–water partition coefficient (Wildman–Crippen LogP) is 1.83. The van der Waals surface area contributed by atoms with Crippen LogP contribution in [-0.2, 0) is 0 Å². The van der Waals surface area contributed by atoms with E-state index in [1.165, 1.54) is 0 Å². The lowest BCUT2D eigenvalue weighted by molar-refractivity contribution is 0.583. The summed E-state index contributed by atoms with van der Waals surface area (Å²) in [5.74, 6) is 0. The van der Waals surface area contributed by atoms with Crippen molar-refractivity contribution in [2.45, 2.75) is 19.6 Å². The summed E-state index contributed by atoms with van der Waals surface area (Å²) in [6, 6.07) is 0. The molecular weight excluding hydrogens is 95.1 g/mol. The predicted molar refractivity (Wildman–Crippen MR) is 29.3 cm³/mol. The lowest BCUT2D eigenvalue weighted by Gasteiger charge is -2.06. The van der Waals surface area contributed by atoms with Crippen LogP contribution in [0.25, 0.3) is 0 Å². The summed E-state index contributed by atoms with van der Waals surface area (Å²) in [6.07, 6.45) is -0.0903. The molecular formula is C4H11FSi. The van der Waals surface area contributed by atoms with Crippen LogP contribution in [0, 0.1) is 0 Å². The number of hydrogen-bond acceptors (Lipinski definition) is 0. The highest BCUT2D eigenvalue weighted by molar-refractivity contribution is 6.75. The second kappa shape index (κ2) is 1.73. The minimum Gasteiger partial charge on any atom is -0.255 e. The molecule has 0 atom stereocenters. The van der Waals surface area contributed by atoms with Crippen LogP contribution >= 0.6 is 0 Å². The summed E-state index contributed by atoms with van der Waals surface area (Å²) >= 11 is 0. The third kappa shape index (κ3) is 4.15. The maximum atomic E-state index is 11.6. The Labute approximate surface area is 39.4 Å². The van der Waals surface area contributed by atoms with Crippen LogP contribution in [0.5, 0.6) is 0 Å². The molecule has 0 spiro atoms. The second-order valence-corrected chi connectivity index (χ2v) is 8.08. The van der Waals surface area contributed by atoms with Crippen molar-refractivity contribution in [2.75, 3.05) is 6.30 Å². The van der Waals surface area contributed by atoms with E-state index in [-0.39, 0.29) is 6.30 Å². The number of hydrogen-bond donors (Lipinski definition) is 0. The van der Waals surface area contributed by atoms with Crippen molar-refractivity contribution in [3.8, 4) is 0 Å². The van der Waals surface area contributed by atoms with Crippen molar-refractivity contribution in [1.82, 2.24) is 0 Å². The van der Waals surface area contributed by atoms with Crippen molar-refractivity contribution < 1.29 is 4.39 Å². The average molecular weight is 106 g/mol. The molecule has 0 N–H and O–H groups in total. The molecule has 0 rings (SSSR count). The first-order valence-electron chi connectivity index (χ1n) is 2.12. The van der Waals surface area contributed by atoms with Gasteiger partial charge in [-0.15, -0.1) is 0 Å². The molecule has 2 heteroatoms. The fourth-order valence-corrected chi connectivity index (χ4v) is 0. The normalized spacial score (nSPS) is 12.0. The van der Waals surface area contributed by atoms with Gasteiger partial charge in [0.25, 0.3) is 0 Å². The van der Waals surface area contributed by atoms with Gasteiger partial charge in [-0.25, -0.2) is 0 Å². The minimum atomic E-state index is -1.30.